The highest BCUT2D eigenvalue weighted by atomic mass is 19.1. The van der Waals surface area contributed by atoms with Crippen LogP contribution in [0, 0.1) is 17.7 Å². The number of unbranched alkanes of at least 4 members (excludes halogenated alkanes) is 4. The second kappa shape index (κ2) is 12.9. The van der Waals surface area contributed by atoms with Gasteiger partial charge in [-0.1, -0.05) is 105 Å². The summed E-state index contributed by atoms with van der Waals surface area (Å²) in [6.07, 6.45) is 11.0. The zero-order chi connectivity index (χ0) is 25.2. The first-order valence-electron chi connectivity index (χ1n) is 13.2. The summed E-state index contributed by atoms with van der Waals surface area (Å²) in [7, 11) is 0. The summed E-state index contributed by atoms with van der Waals surface area (Å²) in [5, 5.41) is 1.52. The van der Waals surface area contributed by atoms with E-state index in [2.05, 4.69) is 73.9 Å². The molecule has 0 nitrogen and oxygen atoms in total. The van der Waals surface area contributed by atoms with Crippen LogP contribution in [0.2, 0.25) is 0 Å². The fourth-order valence-electron chi connectivity index (χ4n) is 4.55. The van der Waals surface area contributed by atoms with E-state index in [1.165, 1.54) is 48.8 Å². The summed E-state index contributed by atoms with van der Waals surface area (Å²) in [6.45, 7) is 5.98. The van der Waals surface area contributed by atoms with Crippen LogP contribution >= 0.6 is 0 Å². The van der Waals surface area contributed by atoms with Crippen molar-refractivity contribution in [2.75, 3.05) is 0 Å². The quantitative estimate of drug-likeness (QED) is 0.122. The van der Waals surface area contributed by atoms with Gasteiger partial charge in [-0.25, -0.2) is 4.39 Å². The van der Waals surface area contributed by atoms with E-state index in [0.29, 0.717) is 11.8 Å². The molecular formula is C35H35F. The van der Waals surface area contributed by atoms with Crippen molar-refractivity contribution in [1.82, 2.24) is 0 Å². The summed E-state index contributed by atoms with van der Waals surface area (Å²) in [4.78, 5) is 0. The Balaban J connectivity index is 1.40. The van der Waals surface area contributed by atoms with Crippen LogP contribution in [0.3, 0.4) is 0 Å². The Hall–Kier alpha value is -3.63. The minimum Gasteiger partial charge on any atom is -0.206 e. The smallest absolute Gasteiger partial charge is 0.134 e. The number of benzene rings is 4. The molecule has 182 valence electrons. The predicted octanol–water partition coefficient (Wildman–Crippen LogP) is 9.68. The Morgan fingerprint density at radius 3 is 2.11 bits per heavy atom. The lowest BCUT2D eigenvalue weighted by Gasteiger charge is -2.06. The van der Waals surface area contributed by atoms with Gasteiger partial charge in [-0.3, -0.25) is 0 Å². The molecule has 0 fully saturated rings. The minimum absolute atomic E-state index is 0.135. The van der Waals surface area contributed by atoms with Crippen LogP contribution in [0.4, 0.5) is 4.39 Å². The average Bonchev–Trinajstić information content (AvgIpc) is 2.92. The van der Waals surface area contributed by atoms with Crippen LogP contribution < -0.4 is 0 Å². The Bertz CT molecular complexity index is 1350. The normalized spacial score (nSPS) is 10.7. The monoisotopic (exact) mass is 474 g/mol. The summed E-state index contributed by atoms with van der Waals surface area (Å²) in [6, 6.07) is 26.9. The summed E-state index contributed by atoms with van der Waals surface area (Å²) < 4.78 is 14.8. The predicted molar refractivity (Wildman–Crippen MR) is 153 cm³/mol. The Kier molecular flexibility index (Phi) is 9.12. The first kappa shape index (κ1) is 25.5. The van der Waals surface area contributed by atoms with Gasteiger partial charge in [0.1, 0.15) is 5.82 Å². The number of hydrogen-bond donors (Lipinski definition) is 0. The maximum Gasteiger partial charge on any atom is 0.134 e. The standard InChI is InChI=1S/C35H35F/c1-3-5-7-8-9-10-27-14-19-30(20-15-27)31-21-16-28(17-22-31)12-13-29-18-25-34-33(26-29)24-23-32(35(34)36)11-6-4-2/h4,14-26H,2-3,5-11H2,1H3. The molecule has 0 heterocycles. The first-order chi connectivity index (χ1) is 17.7. The van der Waals surface area contributed by atoms with Gasteiger partial charge in [0.2, 0.25) is 0 Å². The number of aryl methyl sites for hydroxylation is 2. The lowest BCUT2D eigenvalue weighted by Crippen LogP contribution is -1.92. The van der Waals surface area contributed by atoms with Gasteiger partial charge in [-0.15, -0.1) is 6.58 Å². The lowest BCUT2D eigenvalue weighted by molar-refractivity contribution is 0.621. The molecule has 0 aliphatic heterocycles. The molecule has 0 unspecified atom stereocenters. The molecule has 0 bridgehead atoms. The van der Waals surface area contributed by atoms with Gasteiger partial charge >= 0.3 is 0 Å². The number of rotatable bonds is 10. The SMILES string of the molecule is C=CCCc1ccc2cc(C#Cc3ccc(-c4ccc(CCCCCCC)cc4)cc3)ccc2c1F. The molecule has 4 rings (SSSR count). The topological polar surface area (TPSA) is 0 Å². The Morgan fingerprint density at radius 1 is 0.722 bits per heavy atom. The molecule has 0 atom stereocenters. The largest absolute Gasteiger partial charge is 0.206 e. The van der Waals surface area contributed by atoms with Crippen molar-refractivity contribution in [2.24, 2.45) is 0 Å². The molecule has 1 heteroatoms. The van der Waals surface area contributed by atoms with Crippen LogP contribution in [-0.2, 0) is 12.8 Å². The molecule has 0 aromatic heterocycles. The second-order valence-corrected chi connectivity index (χ2v) is 9.49. The highest BCUT2D eigenvalue weighted by molar-refractivity contribution is 5.85. The average molecular weight is 475 g/mol. The molecule has 0 amide bonds. The molecule has 4 aromatic rings. The van der Waals surface area contributed by atoms with Crippen molar-refractivity contribution in [3.05, 3.63) is 120 Å². The van der Waals surface area contributed by atoms with Crippen molar-refractivity contribution in [2.45, 2.75) is 58.3 Å². The molecule has 0 spiro atoms. The van der Waals surface area contributed by atoms with Gasteiger partial charge < -0.3 is 0 Å². The van der Waals surface area contributed by atoms with E-state index >= 15 is 0 Å². The fourth-order valence-corrected chi connectivity index (χ4v) is 4.55. The fraction of sp³-hybridized carbons (Fsp3) is 0.257. The van der Waals surface area contributed by atoms with Gasteiger partial charge in [0.15, 0.2) is 0 Å². The zero-order valence-corrected chi connectivity index (χ0v) is 21.3. The third-order valence-corrected chi connectivity index (χ3v) is 6.74. The Morgan fingerprint density at radius 2 is 1.39 bits per heavy atom. The highest BCUT2D eigenvalue weighted by Gasteiger charge is 2.07. The van der Waals surface area contributed by atoms with Crippen molar-refractivity contribution in [1.29, 1.82) is 0 Å². The van der Waals surface area contributed by atoms with Crippen molar-refractivity contribution in [3.63, 3.8) is 0 Å². The molecule has 36 heavy (non-hydrogen) atoms. The highest BCUT2D eigenvalue weighted by Crippen LogP contribution is 2.24. The van der Waals surface area contributed by atoms with Crippen molar-refractivity contribution < 1.29 is 4.39 Å². The molecular weight excluding hydrogens is 439 g/mol. The summed E-state index contributed by atoms with van der Waals surface area (Å²) in [5.41, 5.74) is 6.43. The van der Waals surface area contributed by atoms with E-state index < -0.39 is 0 Å². The van der Waals surface area contributed by atoms with Gasteiger partial charge in [0, 0.05) is 16.5 Å². The molecule has 0 aliphatic rings. The van der Waals surface area contributed by atoms with Gasteiger partial charge in [-0.2, -0.15) is 0 Å². The van der Waals surface area contributed by atoms with E-state index in [-0.39, 0.29) is 5.82 Å². The zero-order valence-electron chi connectivity index (χ0n) is 21.3. The number of allylic oxidation sites excluding steroid dienone is 1. The molecule has 0 N–H and O–H groups in total. The summed E-state index contributed by atoms with van der Waals surface area (Å²) in [5.74, 6) is 6.35. The molecule has 4 aromatic carbocycles. The van der Waals surface area contributed by atoms with Crippen LogP contribution in [0.1, 0.15) is 67.7 Å². The maximum absolute atomic E-state index is 14.8. The van der Waals surface area contributed by atoms with E-state index in [1.54, 1.807) is 0 Å². The minimum atomic E-state index is -0.135. The summed E-state index contributed by atoms with van der Waals surface area (Å²) >= 11 is 0. The molecule has 0 saturated heterocycles. The second-order valence-electron chi connectivity index (χ2n) is 9.49. The number of hydrogen-bond acceptors (Lipinski definition) is 0. The van der Waals surface area contributed by atoms with E-state index in [1.807, 2.05) is 36.4 Å². The maximum atomic E-state index is 14.8. The van der Waals surface area contributed by atoms with E-state index in [9.17, 15) is 4.39 Å². The van der Waals surface area contributed by atoms with Gasteiger partial charge in [0.05, 0.1) is 0 Å². The molecule has 0 aliphatic carbocycles. The van der Waals surface area contributed by atoms with Crippen molar-refractivity contribution >= 4 is 10.8 Å². The van der Waals surface area contributed by atoms with Crippen molar-refractivity contribution in [3.8, 4) is 23.0 Å². The van der Waals surface area contributed by atoms with Crippen LogP contribution in [0.5, 0.6) is 0 Å². The van der Waals surface area contributed by atoms with Crippen LogP contribution in [0.25, 0.3) is 21.9 Å². The van der Waals surface area contributed by atoms with E-state index in [4.69, 9.17) is 0 Å². The van der Waals surface area contributed by atoms with Crippen LogP contribution in [-0.4, -0.2) is 0 Å². The molecule has 0 saturated carbocycles. The third-order valence-electron chi connectivity index (χ3n) is 6.74. The van der Waals surface area contributed by atoms with Crippen LogP contribution in [0.15, 0.2) is 91.5 Å². The molecule has 0 radical (unpaired) electrons. The first-order valence-corrected chi connectivity index (χ1v) is 13.2. The third kappa shape index (κ3) is 6.73. The van der Waals surface area contributed by atoms with Gasteiger partial charge in [-0.05, 0) is 77.6 Å². The van der Waals surface area contributed by atoms with E-state index in [0.717, 1.165) is 34.9 Å². The van der Waals surface area contributed by atoms with Gasteiger partial charge in [0.25, 0.3) is 0 Å². The number of halogens is 1. The number of fused-ring (bicyclic) bond motifs is 1. The Labute approximate surface area is 215 Å². The lowest BCUT2D eigenvalue weighted by atomic mass is 10.00.